The lowest BCUT2D eigenvalue weighted by molar-refractivity contribution is -0.135. The van der Waals surface area contributed by atoms with Gasteiger partial charge in [0.15, 0.2) is 0 Å². The Bertz CT molecular complexity index is 272. The van der Waals surface area contributed by atoms with Crippen LogP contribution in [0.2, 0.25) is 0 Å². The van der Waals surface area contributed by atoms with E-state index in [-0.39, 0.29) is 30.8 Å². The van der Waals surface area contributed by atoms with Gasteiger partial charge in [0, 0.05) is 19.0 Å². The first-order valence-electron chi connectivity index (χ1n) is 6.03. The molecule has 0 aromatic heterocycles. The molecule has 0 aromatic rings. The van der Waals surface area contributed by atoms with E-state index in [0.29, 0.717) is 19.6 Å². The molecule has 1 aliphatic rings. The zero-order valence-corrected chi connectivity index (χ0v) is 10.3. The van der Waals surface area contributed by atoms with E-state index in [1.807, 2.05) is 0 Å². The molecule has 0 aliphatic carbocycles. The highest BCUT2D eigenvalue weighted by molar-refractivity contribution is 5.79. The number of alkyl halides is 3. The molecule has 1 rings (SSSR count). The van der Waals surface area contributed by atoms with Gasteiger partial charge in [-0.15, -0.1) is 0 Å². The van der Waals surface area contributed by atoms with Crippen molar-refractivity contribution in [3.8, 4) is 0 Å². The van der Waals surface area contributed by atoms with E-state index in [9.17, 15) is 18.0 Å². The van der Waals surface area contributed by atoms with Crippen molar-refractivity contribution in [1.29, 1.82) is 0 Å². The maximum absolute atomic E-state index is 11.9. The van der Waals surface area contributed by atoms with Crippen molar-refractivity contribution in [2.75, 3.05) is 26.8 Å². The first-order valence-corrected chi connectivity index (χ1v) is 6.03. The highest BCUT2D eigenvalue weighted by atomic mass is 19.4. The van der Waals surface area contributed by atoms with Crippen molar-refractivity contribution in [2.45, 2.75) is 31.5 Å². The fourth-order valence-electron chi connectivity index (χ4n) is 1.89. The number of hydrogen-bond donors (Lipinski definition) is 2. The summed E-state index contributed by atoms with van der Waals surface area (Å²) in [5.74, 6) is -0.406. The molecule has 0 bridgehead atoms. The maximum atomic E-state index is 11.9. The summed E-state index contributed by atoms with van der Waals surface area (Å²) in [7, 11) is 1.75. The summed E-state index contributed by atoms with van der Waals surface area (Å²) < 4.78 is 40.8. The van der Waals surface area contributed by atoms with Crippen molar-refractivity contribution in [2.24, 2.45) is 5.92 Å². The molecule has 2 unspecified atom stereocenters. The first kappa shape index (κ1) is 15.2. The van der Waals surface area contributed by atoms with Crippen LogP contribution in [-0.2, 0) is 9.53 Å². The molecular formula is C11H19F3N2O2. The summed E-state index contributed by atoms with van der Waals surface area (Å²) in [5, 5.41) is 5.63. The number of amides is 1. The number of carbonyl (C=O) groups excluding carboxylic acids is 1. The summed E-state index contributed by atoms with van der Waals surface area (Å²) in [6.07, 6.45) is -4.53. The Morgan fingerprint density at radius 2 is 2.06 bits per heavy atom. The van der Waals surface area contributed by atoms with Gasteiger partial charge in [-0.25, -0.2) is 0 Å². The molecule has 1 fully saturated rings. The number of nitrogens with one attached hydrogen (secondary N) is 2. The highest BCUT2D eigenvalue weighted by Crippen LogP contribution is 2.21. The lowest BCUT2D eigenvalue weighted by Gasteiger charge is -2.16. The van der Waals surface area contributed by atoms with E-state index in [2.05, 4.69) is 10.6 Å². The summed E-state index contributed by atoms with van der Waals surface area (Å²) in [6.45, 7) is 1.13. The van der Waals surface area contributed by atoms with E-state index in [0.717, 1.165) is 0 Å². The molecule has 1 aliphatic heterocycles. The predicted octanol–water partition coefficient (Wildman–Crippen LogP) is 1.07. The Kier molecular flexibility index (Phi) is 5.87. The van der Waals surface area contributed by atoms with Crippen LogP contribution < -0.4 is 10.6 Å². The van der Waals surface area contributed by atoms with Gasteiger partial charge in [0.2, 0.25) is 5.91 Å². The number of hydrogen-bond acceptors (Lipinski definition) is 3. The van der Waals surface area contributed by atoms with Gasteiger partial charge in [0.05, 0.1) is 19.1 Å². The summed E-state index contributed by atoms with van der Waals surface area (Å²) >= 11 is 0. The van der Waals surface area contributed by atoms with Crippen molar-refractivity contribution in [3.63, 3.8) is 0 Å². The van der Waals surface area contributed by atoms with Crippen molar-refractivity contribution in [1.82, 2.24) is 10.6 Å². The lowest BCUT2D eigenvalue weighted by atomic mass is 10.0. The van der Waals surface area contributed by atoms with Crippen LogP contribution in [0, 0.1) is 5.92 Å². The topological polar surface area (TPSA) is 50.4 Å². The normalized spacial score (nSPS) is 24.2. The zero-order chi connectivity index (χ0) is 13.6. The molecule has 2 atom stereocenters. The molecule has 7 heteroatoms. The van der Waals surface area contributed by atoms with Gasteiger partial charge in [-0.05, 0) is 19.9 Å². The third-order valence-corrected chi connectivity index (χ3v) is 2.97. The van der Waals surface area contributed by atoms with Crippen LogP contribution in [0.4, 0.5) is 13.2 Å². The van der Waals surface area contributed by atoms with Crippen LogP contribution in [0.1, 0.15) is 19.3 Å². The third kappa shape index (κ3) is 5.22. The third-order valence-electron chi connectivity index (χ3n) is 2.97. The minimum atomic E-state index is -4.11. The SMILES string of the molecule is CNC1COCC1C(=O)NCCCCC(F)(F)F. The molecule has 1 amide bonds. The quantitative estimate of drug-likeness (QED) is 0.708. The number of rotatable bonds is 6. The van der Waals surface area contributed by atoms with Crippen LogP contribution in [0.25, 0.3) is 0 Å². The van der Waals surface area contributed by atoms with Crippen LogP contribution in [0.5, 0.6) is 0 Å². The predicted molar refractivity (Wildman–Crippen MR) is 60.1 cm³/mol. The molecule has 1 heterocycles. The van der Waals surface area contributed by atoms with E-state index >= 15 is 0 Å². The Morgan fingerprint density at radius 3 is 2.67 bits per heavy atom. The van der Waals surface area contributed by atoms with E-state index in [1.54, 1.807) is 7.05 Å². The Hall–Kier alpha value is -0.820. The standard InChI is InChI=1S/C11H19F3N2O2/c1-15-9-7-18-6-8(9)10(17)16-5-3-2-4-11(12,13)14/h8-9,15H,2-7H2,1H3,(H,16,17). The van der Waals surface area contributed by atoms with Crippen molar-refractivity contribution < 1.29 is 22.7 Å². The summed E-state index contributed by atoms with van der Waals surface area (Å²) in [6, 6.07) is -0.0137. The molecule has 0 saturated carbocycles. The van der Waals surface area contributed by atoms with Gasteiger partial charge in [0.1, 0.15) is 0 Å². The Morgan fingerprint density at radius 1 is 1.33 bits per heavy atom. The molecule has 2 N–H and O–H groups in total. The van der Waals surface area contributed by atoms with Crippen molar-refractivity contribution in [3.05, 3.63) is 0 Å². The molecule has 4 nitrogen and oxygen atoms in total. The summed E-state index contributed by atoms with van der Waals surface area (Å²) in [5.41, 5.74) is 0. The molecule has 18 heavy (non-hydrogen) atoms. The Balaban J connectivity index is 2.14. The fourth-order valence-corrected chi connectivity index (χ4v) is 1.89. The van der Waals surface area contributed by atoms with E-state index < -0.39 is 12.6 Å². The second-order valence-electron chi connectivity index (χ2n) is 4.40. The average molecular weight is 268 g/mol. The second-order valence-corrected chi connectivity index (χ2v) is 4.40. The van der Waals surface area contributed by atoms with Gasteiger partial charge in [-0.3, -0.25) is 4.79 Å². The molecular weight excluding hydrogens is 249 g/mol. The second kappa shape index (κ2) is 6.94. The van der Waals surface area contributed by atoms with Gasteiger partial charge >= 0.3 is 6.18 Å². The minimum absolute atomic E-state index is 0.0137. The smallest absolute Gasteiger partial charge is 0.379 e. The van der Waals surface area contributed by atoms with E-state index in [4.69, 9.17) is 4.74 Å². The van der Waals surface area contributed by atoms with Crippen LogP contribution in [-0.4, -0.2) is 44.9 Å². The molecule has 106 valence electrons. The number of likely N-dealkylation sites (N-methyl/N-ethyl adjacent to an activating group) is 1. The molecule has 1 saturated heterocycles. The molecule has 0 spiro atoms. The molecule has 0 radical (unpaired) electrons. The van der Waals surface area contributed by atoms with Crippen molar-refractivity contribution >= 4 is 5.91 Å². The number of ether oxygens (including phenoxy) is 1. The average Bonchev–Trinajstić information content (AvgIpc) is 2.74. The van der Waals surface area contributed by atoms with Gasteiger partial charge in [-0.2, -0.15) is 13.2 Å². The monoisotopic (exact) mass is 268 g/mol. The Labute approximate surface area is 104 Å². The lowest BCUT2D eigenvalue weighted by Crippen LogP contribution is -2.42. The van der Waals surface area contributed by atoms with E-state index in [1.165, 1.54) is 0 Å². The van der Waals surface area contributed by atoms with Crippen LogP contribution in [0.3, 0.4) is 0 Å². The first-order chi connectivity index (χ1) is 8.44. The minimum Gasteiger partial charge on any atom is -0.379 e. The van der Waals surface area contributed by atoms with Crippen LogP contribution >= 0.6 is 0 Å². The van der Waals surface area contributed by atoms with Crippen LogP contribution in [0.15, 0.2) is 0 Å². The largest absolute Gasteiger partial charge is 0.389 e. The molecule has 0 aromatic carbocycles. The fraction of sp³-hybridized carbons (Fsp3) is 0.909. The van der Waals surface area contributed by atoms with Gasteiger partial charge in [-0.1, -0.05) is 0 Å². The summed E-state index contributed by atoms with van der Waals surface area (Å²) in [4.78, 5) is 11.7. The number of halogens is 3. The highest BCUT2D eigenvalue weighted by Gasteiger charge is 2.32. The van der Waals surface area contributed by atoms with Gasteiger partial charge in [0.25, 0.3) is 0 Å². The maximum Gasteiger partial charge on any atom is 0.389 e. The number of unbranched alkanes of at least 4 members (excludes halogenated alkanes) is 1. The zero-order valence-electron chi connectivity index (χ0n) is 10.3. The number of carbonyl (C=O) groups is 1. The van der Waals surface area contributed by atoms with Gasteiger partial charge < -0.3 is 15.4 Å².